The first-order valence-corrected chi connectivity index (χ1v) is 10.7. The number of amides is 1. The second kappa shape index (κ2) is 8.34. The highest BCUT2D eigenvalue weighted by Crippen LogP contribution is 2.45. The molecular formula is C23H20ClNO5S. The second-order valence-electron chi connectivity index (χ2n) is 7.16. The van der Waals surface area contributed by atoms with Gasteiger partial charge in [0.05, 0.1) is 38.4 Å². The smallest absolute Gasteiger partial charge is 0.264 e. The molecule has 2 heterocycles. The molecule has 31 heavy (non-hydrogen) atoms. The van der Waals surface area contributed by atoms with Crippen LogP contribution >= 0.6 is 22.9 Å². The van der Waals surface area contributed by atoms with Crippen LogP contribution in [0.2, 0.25) is 5.02 Å². The van der Waals surface area contributed by atoms with Crippen molar-refractivity contribution in [2.75, 3.05) is 19.1 Å². The minimum atomic E-state index is -2.03. The maximum atomic E-state index is 13.4. The highest BCUT2D eigenvalue weighted by atomic mass is 35.5. The average Bonchev–Trinajstić information content (AvgIpc) is 3.35. The van der Waals surface area contributed by atoms with Gasteiger partial charge in [0.1, 0.15) is 11.5 Å². The lowest BCUT2D eigenvalue weighted by molar-refractivity contribution is -0.136. The minimum Gasteiger partial charge on any atom is -0.497 e. The molecule has 0 bridgehead atoms. The summed E-state index contributed by atoms with van der Waals surface area (Å²) in [7, 11) is 2.96. The molecule has 0 spiro atoms. The lowest BCUT2D eigenvalue weighted by Gasteiger charge is -2.23. The zero-order chi connectivity index (χ0) is 22.2. The van der Waals surface area contributed by atoms with Gasteiger partial charge in [0, 0.05) is 21.5 Å². The van der Waals surface area contributed by atoms with Crippen molar-refractivity contribution in [3.8, 4) is 11.5 Å². The molecule has 4 rings (SSSR count). The molecule has 1 amide bonds. The lowest BCUT2D eigenvalue weighted by atomic mass is 9.88. The topological polar surface area (TPSA) is 76.1 Å². The van der Waals surface area contributed by atoms with Crippen molar-refractivity contribution in [2.45, 2.75) is 18.6 Å². The Balaban J connectivity index is 1.71. The Morgan fingerprint density at radius 3 is 2.65 bits per heavy atom. The van der Waals surface area contributed by atoms with E-state index in [4.69, 9.17) is 21.1 Å². The molecule has 3 aromatic rings. The van der Waals surface area contributed by atoms with Crippen molar-refractivity contribution in [3.05, 3.63) is 74.9 Å². The first kappa shape index (κ1) is 21.4. The molecule has 1 aromatic heterocycles. The summed E-state index contributed by atoms with van der Waals surface area (Å²) >= 11 is 7.68. The van der Waals surface area contributed by atoms with E-state index in [9.17, 15) is 14.7 Å². The lowest BCUT2D eigenvalue weighted by Crippen LogP contribution is -2.41. The van der Waals surface area contributed by atoms with E-state index in [1.807, 2.05) is 17.5 Å². The first-order chi connectivity index (χ1) is 14.9. The van der Waals surface area contributed by atoms with E-state index in [0.717, 1.165) is 4.88 Å². The van der Waals surface area contributed by atoms with Crippen molar-refractivity contribution in [1.82, 2.24) is 0 Å². The molecular weight excluding hydrogens is 438 g/mol. The Morgan fingerprint density at radius 1 is 1.16 bits per heavy atom. The van der Waals surface area contributed by atoms with Crippen LogP contribution in [0.1, 0.15) is 27.2 Å². The van der Waals surface area contributed by atoms with E-state index >= 15 is 0 Å². The SMILES string of the molecule is COc1ccc(C(=O)CC2(O)C(=O)N(Cc3cccs3)c3ccc(Cl)cc32)c(OC)c1. The van der Waals surface area contributed by atoms with E-state index in [1.54, 1.807) is 36.4 Å². The Labute approximate surface area is 188 Å². The number of fused-ring (bicyclic) bond motifs is 1. The average molecular weight is 458 g/mol. The number of thiophene rings is 1. The predicted octanol–water partition coefficient (Wildman–Crippen LogP) is 4.43. The fraction of sp³-hybridized carbons (Fsp3) is 0.217. The van der Waals surface area contributed by atoms with Crippen LogP contribution in [0.25, 0.3) is 0 Å². The van der Waals surface area contributed by atoms with Gasteiger partial charge in [-0.15, -0.1) is 11.3 Å². The minimum absolute atomic E-state index is 0.254. The van der Waals surface area contributed by atoms with E-state index in [1.165, 1.54) is 30.5 Å². The van der Waals surface area contributed by atoms with Crippen molar-refractivity contribution in [1.29, 1.82) is 0 Å². The van der Waals surface area contributed by atoms with Gasteiger partial charge in [-0.25, -0.2) is 0 Å². The number of aliphatic hydroxyl groups is 1. The zero-order valence-electron chi connectivity index (χ0n) is 16.9. The van der Waals surface area contributed by atoms with Crippen LogP contribution < -0.4 is 14.4 Å². The summed E-state index contributed by atoms with van der Waals surface area (Å²) in [5.41, 5.74) is -0.911. The molecule has 6 nitrogen and oxygen atoms in total. The summed E-state index contributed by atoms with van der Waals surface area (Å²) in [5.74, 6) is -0.151. The number of halogens is 1. The number of carbonyl (C=O) groups is 2. The number of ketones is 1. The molecule has 1 atom stereocenters. The van der Waals surface area contributed by atoms with Gasteiger partial charge in [0.25, 0.3) is 5.91 Å². The van der Waals surface area contributed by atoms with Gasteiger partial charge in [-0.05, 0) is 41.8 Å². The van der Waals surface area contributed by atoms with E-state index in [-0.39, 0.29) is 5.56 Å². The summed E-state index contributed by atoms with van der Waals surface area (Å²) in [4.78, 5) is 29.0. The Morgan fingerprint density at radius 2 is 1.97 bits per heavy atom. The molecule has 0 aliphatic carbocycles. The maximum Gasteiger partial charge on any atom is 0.264 e. The monoisotopic (exact) mass is 457 g/mol. The zero-order valence-corrected chi connectivity index (χ0v) is 18.5. The number of hydrogen-bond acceptors (Lipinski definition) is 6. The molecule has 8 heteroatoms. The predicted molar refractivity (Wildman–Crippen MR) is 119 cm³/mol. The number of carbonyl (C=O) groups excluding carboxylic acids is 2. The number of anilines is 1. The number of nitrogens with zero attached hydrogens (tertiary/aromatic N) is 1. The second-order valence-corrected chi connectivity index (χ2v) is 8.63. The van der Waals surface area contributed by atoms with Gasteiger partial charge in [-0.1, -0.05) is 17.7 Å². The van der Waals surface area contributed by atoms with Crippen LogP contribution in [0.5, 0.6) is 11.5 Å². The van der Waals surface area contributed by atoms with Crippen molar-refractivity contribution >= 4 is 40.3 Å². The third-order valence-electron chi connectivity index (χ3n) is 5.31. The summed E-state index contributed by atoms with van der Waals surface area (Å²) in [6.07, 6.45) is -0.442. The molecule has 160 valence electrons. The van der Waals surface area contributed by atoms with Crippen LogP contribution in [0.3, 0.4) is 0 Å². The Bertz CT molecular complexity index is 1150. The molecule has 1 N–H and O–H groups in total. The number of methoxy groups -OCH3 is 2. The Hall–Kier alpha value is -2.87. The molecule has 0 fully saturated rings. The fourth-order valence-electron chi connectivity index (χ4n) is 3.77. The van der Waals surface area contributed by atoms with Crippen molar-refractivity contribution in [3.63, 3.8) is 0 Å². The number of Topliss-reactive ketones (excluding diaryl/α,β-unsaturated/α-hetero) is 1. The summed E-state index contributed by atoms with van der Waals surface area (Å²) < 4.78 is 10.5. The van der Waals surface area contributed by atoms with Crippen LogP contribution in [0.15, 0.2) is 53.9 Å². The molecule has 0 radical (unpaired) electrons. The van der Waals surface area contributed by atoms with Gasteiger partial charge in [-0.3, -0.25) is 9.59 Å². The standard InChI is InChI=1S/C23H20ClNO5S/c1-29-15-6-7-17(21(11-15)30-2)20(26)12-23(28)18-10-14(24)5-8-19(18)25(22(23)27)13-16-4-3-9-31-16/h3-11,28H,12-13H2,1-2H3. The van der Waals surface area contributed by atoms with Gasteiger partial charge >= 0.3 is 0 Å². The van der Waals surface area contributed by atoms with E-state index < -0.39 is 23.7 Å². The first-order valence-electron chi connectivity index (χ1n) is 9.49. The van der Waals surface area contributed by atoms with Crippen molar-refractivity contribution < 1.29 is 24.2 Å². The van der Waals surface area contributed by atoms with Crippen molar-refractivity contribution in [2.24, 2.45) is 0 Å². The molecule has 1 aliphatic rings. The Kier molecular flexibility index (Phi) is 5.75. The third kappa shape index (κ3) is 3.80. The number of benzene rings is 2. The quantitative estimate of drug-likeness (QED) is 0.531. The van der Waals surface area contributed by atoms with Gasteiger partial charge in [0.2, 0.25) is 0 Å². The van der Waals surface area contributed by atoms with Crippen LogP contribution in [0.4, 0.5) is 5.69 Å². The maximum absolute atomic E-state index is 13.4. The van der Waals surface area contributed by atoms with Gasteiger partial charge < -0.3 is 19.5 Å². The summed E-state index contributed by atoms with van der Waals surface area (Å²) in [6, 6.07) is 13.5. The molecule has 1 unspecified atom stereocenters. The molecule has 2 aromatic carbocycles. The van der Waals surface area contributed by atoms with Crippen LogP contribution in [0, 0.1) is 0 Å². The van der Waals surface area contributed by atoms with E-state index in [2.05, 4.69) is 0 Å². The summed E-state index contributed by atoms with van der Waals surface area (Å²) in [5, 5.41) is 13.8. The number of hydrogen-bond donors (Lipinski definition) is 1. The third-order valence-corrected chi connectivity index (χ3v) is 6.41. The highest BCUT2D eigenvalue weighted by Gasteiger charge is 2.51. The van der Waals surface area contributed by atoms with E-state index in [0.29, 0.717) is 34.3 Å². The molecule has 1 aliphatic heterocycles. The fourth-order valence-corrected chi connectivity index (χ4v) is 4.63. The van der Waals surface area contributed by atoms with Gasteiger partial charge in [-0.2, -0.15) is 0 Å². The van der Waals surface area contributed by atoms with Gasteiger partial charge in [0.15, 0.2) is 11.4 Å². The largest absolute Gasteiger partial charge is 0.497 e. The van der Waals surface area contributed by atoms with Crippen LogP contribution in [-0.2, 0) is 16.9 Å². The highest BCUT2D eigenvalue weighted by molar-refractivity contribution is 7.09. The normalized spacial score (nSPS) is 17.5. The number of ether oxygens (including phenoxy) is 2. The van der Waals surface area contributed by atoms with Crippen LogP contribution in [-0.4, -0.2) is 31.0 Å². The number of rotatable bonds is 7. The molecule has 0 saturated carbocycles. The summed E-state index contributed by atoms with van der Waals surface area (Å²) in [6.45, 7) is 0.299. The molecule has 0 saturated heterocycles.